The number of hydrogen-bond acceptors (Lipinski definition) is 0. The predicted octanol–water partition coefficient (Wildman–Crippen LogP) is 7.44. The van der Waals surface area contributed by atoms with Crippen molar-refractivity contribution in [2.24, 2.45) is 0 Å². The quantitative estimate of drug-likeness (QED) is 0.420. The van der Waals surface area contributed by atoms with Crippen molar-refractivity contribution < 1.29 is 0 Å². The zero-order valence-electron chi connectivity index (χ0n) is 14.5. The fourth-order valence-corrected chi connectivity index (χ4v) is 0. The Labute approximate surface area is 114 Å². The van der Waals surface area contributed by atoms with Gasteiger partial charge in [0.25, 0.3) is 0 Å². The molecule has 0 aromatic rings. The summed E-state index contributed by atoms with van der Waals surface area (Å²) in [6, 6.07) is 0. The van der Waals surface area contributed by atoms with E-state index < -0.39 is 0 Å². The first kappa shape index (κ1) is 36.0. The van der Waals surface area contributed by atoms with Gasteiger partial charge in [0, 0.05) is 0 Å². The van der Waals surface area contributed by atoms with Gasteiger partial charge >= 0.3 is 0 Å². The summed E-state index contributed by atoms with van der Waals surface area (Å²) >= 11 is 0. The molecule has 0 heterocycles. The molecular formula is C17H40. The second-order valence-corrected chi connectivity index (χ2v) is 2.31. The second kappa shape index (κ2) is 113. The molecule has 0 heteroatoms. The summed E-state index contributed by atoms with van der Waals surface area (Å²) in [6.07, 6.45) is 4.71. The molecule has 17 heavy (non-hydrogen) atoms. The van der Waals surface area contributed by atoms with Gasteiger partial charge in [0.2, 0.25) is 0 Å². The highest BCUT2D eigenvalue weighted by molar-refractivity contribution is 4.78. The molecule has 0 saturated carbocycles. The van der Waals surface area contributed by atoms with E-state index in [1.807, 2.05) is 68.4 Å². The van der Waals surface area contributed by atoms with Crippen LogP contribution in [0.15, 0.2) is 37.5 Å². The largest absolute Gasteiger partial charge is 0.103 e. The Kier molecular flexibility index (Phi) is 239. The van der Waals surface area contributed by atoms with Gasteiger partial charge in [-0.15, -0.1) is 19.7 Å². The van der Waals surface area contributed by atoms with Gasteiger partial charge in [0.1, 0.15) is 0 Å². The van der Waals surface area contributed by atoms with E-state index in [9.17, 15) is 0 Å². The van der Waals surface area contributed by atoms with E-state index in [0.29, 0.717) is 0 Å². The summed E-state index contributed by atoms with van der Waals surface area (Å²) in [5.41, 5.74) is 1.17. The predicted molar refractivity (Wildman–Crippen MR) is 90.9 cm³/mol. The molecule has 0 aliphatic heterocycles. The van der Waals surface area contributed by atoms with Gasteiger partial charge in [-0.1, -0.05) is 66.2 Å². The fraction of sp³-hybridized carbons (Fsp3) is 0.647. The number of hydrogen-bond donors (Lipinski definition) is 0. The summed E-state index contributed by atoms with van der Waals surface area (Å²) in [4.78, 5) is 0. The molecule has 0 saturated heterocycles. The molecular weight excluding hydrogens is 204 g/mol. The van der Waals surface area contributed by atoms with Gasteiger partial charge in [-0.25, -0.2) is 0 Å². The van der Waals surface area contributed by atoms with Crippen LogP contribution in [0.5, 0.6) is 0 Å². The van der Waals surface area contributed by atoms with Crippen LogP contribution in [-0.2, 0) is 0 Å². The van der Waals surface area contributed by atoms with Crippen LogP contribution in [0.1, 0.15) is 75.7 Å². The summed E-state index contributed by atoms with van der Waals surface area (Å²) in [5.74, 6) is 0. The first-order valence-electron chi connectivity index (χ1n) is 6.86. The second-order valence-electron chi connectivity index (χ2n) is 2.31. The van der Waals surface area contributed by atoms with E-state index in [1.165, 1.54) is 5.57 Å². The van der Waals surface area contributed by atoms with Crippen LogP contribution < -0.4 is 0 Å². The lowest BCUT2D eigenvalue weighted by atomic mass is 10.4. The molecule has 0 unspecified atom stereocenters. The molecule has 0 nitrogen and oxygen atoms in total. The third kappa shape index (κ3) is 55000. The van der Waals surface area contributed by atoms with Crippen molar-refractivity contribution in [3.63, 3.8) is 0 Å². The lowest BCUT2D eigenvalue weighted by Crippen LogP contribution is -1.43. The van der Waals surface area contributed by atoms with Crippen molar-refractivity contribution >= 4 is 0 Å². The van der Waals surface area contributed by atoms with E-state index in [4.69, 9.17) is 0 Å². The van der Waals surface area contributed by atoms with Crippen LogP contribution in [0.3, 0.4) is 0 Å². The highest BCUT2D eigenvalue weighted by Crippen LogP contribution is 1.73. The first-order valence-corrected chi connectivity index (χ1v) is 6.86. The zero-order chi connectivity index (χ0) is 15.7. The average Bonchev–Trinajstić information content (AvgIpc) is 2.36. The van der Waals surface area contributed by atoms with E-state index in [2.05, 4.69) is 26.7 Å². The van der Waals surface area contributed by atoms with Crippen LogP contribution in [0, 0.1) is 0 Å². The maximum absolute atomic E-state index is 3.56. The molecule has 0 aliphatic carbocycles. The number of rotatable bonds is 1. The zero-order valence-corrected chi connectivity index (χ0v) is 14.5. The molecule has 0 aliphatic rings. The van der Waals surface area contributed by atoms with Gasteiger partial charge in [-0.2, -0.15) is 0 Å². The van der Waals surface area contributed by atoms with Crippen molar-refractivity contribution in [1.29, 1.82) is 0 Å². The normalized spacial score (nSPS) is 4.82. The van der Waals surface area contributed by atoms with Crippen molar-refractivity contribution in [2.75, 3.05) is 0 Å². The lowest BCUT2D eigenvalue weighted by molar-refractivity contribution is 1.23. The third-order valence-corrected chi connectivity index (χ3v) is 0.289. The van der Waals surface area contributed by atoms with E-state index in [1.54, 1.807) is 6.08 Å². The molecule has 0 aromatic carbocycles. The maximum Gasteiger partial charge on any atom is -0.0382 e. The molecule has 0 spiro atoms. The van der Waals surface area contributed by atoms with Gasteiger partial charge in [-0.3, -0.25) is 0 Å². The molecule has 108 valence electrons. The molecule has 0 atom stereocenters. The van der Waals surface area contributed by atoms with Gasteiger partial charge < -0.3 is 0 Å². The standard InChI is InChI=1S/2C4H8.C3H6.3C2H6/c1-4(2)3;1-3-4-2;1-3-2;3*1-2/h1H2,2-3H3;3H,1,4H2,2H3;3H,1H2,2H3;3*1-2H3. The van der Waals surface area contributed by atoms with Crippen molar-refractivity contribution in [2.45, 2.75) is 75.7 Å². The monoisotopic (exact) mass is 244 g/mol. The summed E-state index contributed by atoms with van der Waals surface area (Å²) in [7, 11) is 0. The summed E-state index contributed by atoms with van der Waals surface area (Å²) in [5, 5.41) is 0. The number of allylic oxidation sites excluding steroid dienone is 3. The Hall–Kier alpha value is -0.780. The smallest absolute Gasteiger partial charge is 0.0382 e. The molecule has 0 N–H and O–H groups in total. The molecule has 0 aromatic heterocycles. The van der Waals surface area contributed by atoms with Crippen molar-refractivity contribution in [3.8, 4) is 0 Å². The van der Waals surface area contributed by atoms with Crippen molar-refractivity contribution in [3.05, 3.63) is 37.5 Å². The fourth-order valence-electron chi connectivity index (χ4n) is 0. The average molecular weight is 245 g/mol. The minimum atomic E-state index is 1.08. The van der Waals surface area contributed by atoms with Crippen molar-refractivity contribution in [1.82, 2.24) is 0 Å². The highest BCUT2D eigenvalue weighted by Gasteiger charge is 1.51. The lowest BCUT2D eigenvalue weighted by Gasteiger charge is -1.65. The Morgan fingerprint density at radius 1 is 0.882 bits per heavy atom. The van der Waals surface area contributed by atoms with Gasteiger partial charge in [0.05, 0.1) is 0 Å². The van der Waals surface area contributed by atoms with Crippen LogP contribution in [0.2, 0.25) is 0 Å². The van der Waals surface area contributed by atoms with Crippen LogP contribution >= 0.6 is 0 Å². The molecule has 0 bridgehead atoms. The minimum Gasteiger partial charge on any atom is -0.103 e. The maximum atomic E-state index is 3.56. The molecule has 0 rings (SSSR count). The third-order valence-electron chi connectivity index (χ3n) is 0.289. The summed E-state index contributed by atoms with van der Waals surface area (Å²) in [6.45, 7) is 30.3. The van der Waals surface area contributed by atoms with Crippen LogP contribution in [0.4, 0.5) is 0 Å². The first-order chi connectivity index (χ1) is 8.06. The van der Waals surface area contributed by atoms with Crippen LogP contribution in [-0.4, -0.2) is 0 Å². The molecule has 0 radical (unpaired) electrons. The van der Waals surface area contributed by atoms with Gasteiger partial charge in [0.15, 0.2) is 0 Å². The Morgan fingerprint density at radius 2 is 0.941 bits per heavy atom. The Bertz CT molecular complexity index is 84.2. The molecule has 0 fully saturated rings. The summed E-state index contributed by atoms with van der Waals surface area (Å²) < 4.78 is 0. The van der Waals surface area contributed by atoms with E-state index in [0.717, 1.165) is 6.42 Å². The molecule has 0 amide bonds. The Balaban J connectivity index is -0.0000000221. The topological polar surface area (TPSA) is 0 Å². The highest BCUT2D eigenvalue weighted by atomic mass is 13.6. The van der Waals surface area contributed by atoms with E-state index >= 15 is 0 Å². The van der Waals surface area contributed by atoms with Crippen LogP contribution in [0.25, 0.3) is 0 Å². The minimum absolute atomic E-state index is 1.08. The van der Waals surface area contributed by atoms with E-state index in [-0.39, 0.29) is 0 Å². The SMILES string of the molecule is C=C(C)C.C=CC.C=CCC.CC.CC.CC. The van der Waals surface area contributed by atoms with Gasteiger partial charge in [-0.05, 0) is 27.2 Å². The Morgan fingerprint density at radius 3 is 0.941 bits per heavy atom.